The second-order valence-electron chi connectivity index (χ2n) is 5.33. The summed E-state index contributed by atoms with van der Waals surface area (Å²) in [6.45, 7) is 1.49. The van der Waals surface area contributed by atoms with E-state index in [1.807, 2.05) is 10.8 Å². The molecule has 0 aliphatic heterocycles. The number of carbonyl (C=O) groups is 2. The van der Waals surface area contributed by atoms with E-state index in [2.05, 4.69) is 10.3 Å². The Hall–Kier alpha value is -1.85. The van der Waals surface area contributed by atoms with E-state index in [4.69, 9.17) is 5.11 Å². The number of nitrogens with zero attached hydrogens (tertiary/aromatic N) is 2. The van der Waals surface area contributed by atoms with Gasteiger partial charge in [0.2, 0.25) is 5.91 Å². The molecule has 1 aromatic heterocycles. The van der Waals surface area contributed by atoms with Crippen LogP contribution in [0.4, 0.5) is 0 Å². The zero-order valence-corrected chi connectivity index (χ0v) is 11.5. The highest BCUT2D eigenvalue weighted by atomic mass is 16.4. The van der Waals surface area contributed by atoms with Crippen LogP contribution in [0.5, 0.6) is 0 Å². The second kappa shape index (κ2) is 7.07. The summed E-state index contributed by atoms with van der Waals surface area (Å²) in [6.07, 6.45) is 8.86. The predicted octanol–water partition coefficient (Wildman–Crippen LogP) is 1.28. The van der Waals surface area contributed by atoms with Crippen LogP contribution in [-0.2, 0) is 16.1 Å². The van der Waals surface area contributed by atoms with Crippen LogP contribution in [0.25, 0.3) is 0 Å². The van der Waals surface area contributed by atoms with Gasteiger partial charge in [-0.3, -0.25) is 9.59 Å². The Morgan fingerprint density at radius 3 is 2.55 bits per heavy atom. The lowest BCUT2D eigenvalue weighted by Gasteiger charge is -2.25. The number of aliphatic carboxylic acids is 1. The molecule has 0 atom stereocenters. The minimum atomic E-state index is -0.732. The van der Waals surface area contributed by atoms with Crippen molar-refractivity contribution in [3.05, 3.63) is 18.7 Å². The van der Waals surface area contributed by atoms with Crippen LogP contribution in [0.1, 0.15) is 32.1 Å². The van der Waals surface area contributed by atoms with E-state index >= 15 is 0 Å². The van der Waals surface area contributed by atoms with Gasteiger partial charge in [0.25, 0.3) is 0 Å². The first-order valence-electron chi connectivity index (χ1n) is 7.13. The van der Waals surface area contributed by atoms with Crippen LogP contribution in [0.2, 0.25) is 0 Å². The molecule has 0 radical (unpaired) electrons. The summed E-state index contributed by atoms with van der Waals surface area (Å²) in [6, 6.07) is 0. The Morgan fingerprint density at radius 1 is 1.25 bits per heavy atom. The van der Waals surface area contributed by atoms with Crippen molar-refractivity contribution in [1.82, 2.24) is 14.9 Å². The first kappa shape index (κ1) is 14.6. The lowest BCUT2D eigenvalue weighted by molar-refractivity contribution is -0.144. The molecule has 2 N–H and O–H groups in total. The van der Waals surface area contributed by atoms with E-state index in [9.17, 15) is 9.59 Å². The van der Waals surface area contributed by atoms with Gasteiger partial charge in [-0.05, 0) is 32.1 Å². The largest absolute Gasteiger partial charge is 0.481 e. The number of rotatable bonds is 6. The number of aryl methyl sites for hydroxylation is 1. The fourth-order valence-corrected chi connectivity index (χ4v) is 2.64. The summed E-state index contributed by atoms with van der Waals surface area (Å²) in [5, 5.41) is 11.9. The van der Waals surface area contributed by atoms with Crippen LogP contribution in [-0.4, -0.2) is 33.1 Å². The van der Waals surface area contributed by atoms with Crippen LogP contribution in [0.3, 0.4) is 0 Å². The summed E-state index contributed by atoms with van der Waals surface area (Å²) >= 11 is 0. The lowest BCUT2D eigenvalue weighted by Crippen LogP contribution is -2.35. The number of aromatic nitrogens is 2. The van der Waals surface area contributed by atoms with Gasteiger partial charge in [0.15, 0.2) is 0 Å². The molecule has 1 aliphatic carbocycles. The van der Waals surface area contributed by atoms with E-state index in [1.165, 1.54) is 0 Å². The first-order valence-corrected chi connectivity index (χ1v) is 7.13. The average molecular weight is 279 g/mol. The van der Waals surface area contributed by atoms with Gasteiger partial charge in [-0.15, -0.1) is 0 Å². The molecule has 6 nitrogen and oxygen atoms in total. The van der Waals surface area contributed by atoms with Crippen molar-refractivity contribution in [2.24, 2.45) is 11.8 Å². The summed E-state index contributed by atoms with van der Waals surface area (Å²) in [5.41, 5.74) is 0. The van der Waals surface area contributed by atoms with E-state index in [0.29, 0.717) is 32.2 Å². The lowest BCUT2D eigenvalue weighted by atomic mass is 9.81. The average Bonchev–Trinajstić information content (AvgIpc) is 2.96. The molecular weight excluding hydrogens is 258 g/mol. The third-order valence-corrected chi connectivity index (χ3v) is 3.90. The fraction of sp³-hybridized carbons (Fsp3) is 0.643. The zero-order valence-electron chi connectivity index (χ0n) is 11.5. The third kappa shape index (κ3) is 4.08. The van der Waals surface area contributed by atoms with Crippen molar-refractivity contribution in [2.75, 3.05) is 6.54 Å². The molecule has 2 rings (SSSR count). The predicted molar refractivity (Wildman–Crippen MR) is 72.9 cm³/mol. The summed E-state index contributed by atoms with van der Waals surface area (Å²) in [7, 11) is 0. The van der Waals surface area contributed by atoms with Crippen LogP contribution >= 0.6 is 0 Å². The van der Waals surface area contributed by atoms with Crippen LogP contribution in [0, 0.1) is 11.8 Å². The molecule has 0 spiro atoms. The monoisotopic (exact) mass is 279 g/mol. The Labute approximate surface area is 118 Å². The molecule has 1 aromatic rings. The highest BCUT2D eigenvalue weighted by molar-refractivity contribution is 5.79. The SMILES string of the molecule is O=C(O)C1CCC(C(=O)NCCCn2ccnc2)CC1. The van der Waals surface area contributed by atoms with Gasteiger partial charge in [-0.1, -0.05) is 0 Å². The molecule has 0 saturated heterocycles. The van der Waals surface area contributed by atoms with E-state index in [-0.39, 0.29) is 17.7 Å². The second-order valence-corrected chi connectivity index (χ2v) is 5.33. The molecule has 1 fully saturated rings. The summed E-state index contributed by atoms with van der Waals surface area (Å²) in [4.78, 5) is 26.8. The number of nitrogens with one attached hydrogen (secondary N) is 1. The van der Waals surface area contributed by atoms with Crippen molar-refractivity contribution in [3.63, 3.8) is 0 Å². The maximum atomic E-state index is 12.0. The molecule has 20 heavy (non-hydrogen) atoms. The Balaban J connectivity index is 1.62. The van der Waals surface area contributed by atoms with Gasteiger partial charge in [0.05, 0.1) is 12.2 Å². The molecule has 0 unspecified atom stereocenters. The van der Waals surface area contributed by atoms with Crippen molar-refractivity contribution in [3.8, 4) is 0 Å². The van der Waals surface area contributed by atoms with Crippen molar-refractivity contribution in [2.45, 2.75) is 38.6 Å². The zero-order chi connectivity index (χ0) is 14.4. The van der Waals surface area contributed by atoms with Gasteiger partial charge < -0.3 is 15.0 Å². The van der Waals surface area contributed by atoms with Gasteiger partial charge >= 0.3 is 5.97 Å². The Bertz CT molecular complexity index is 437. The molecule has 1 amide bonds. The van der Waals surface area contributed by atoms with Crippen molar-refractivity contribution < 1.29 is 14.7 Å². The topological polar surface area (TPSA) is 84.2 Å². The number of hydrogen-bond donors (Lipinski definition) is 2. The van der Waals surface area contributed by atoms with Crippen molar-refractivity contribution in [1.29, 1.82) is 0 Å². The number of carbonyl (C=O) groups excluding carboxylic acids is 1. The van der Waals surface area contributed by atoms with Gasteiger partial charge in [0.1, 0.15) is 0 Å². The number of amides is 1. The molecule has 1 saturated carbocycles. The molecule has 110 valence electrons. The number of carboxylic acid groups (broad SMARTS) is 1. The normalized spacial score (nSPS) is 22.4. The maximum Gasteiger partial charge on any atom is 0.306 e. The molecule has 0 bridgehead atoms. The van der Waals surface area contributed by atoms with E-state index in [1.54, 1.807) is 12.5 Å². The number of hydrogen-bond acceptors (Lipinski definition) is 3. The molecular formula is C14H21N3O3. The third-order valence-electron chi connectivity index (χ3n) is 3.90. The van der Waals surface area contributed by atoms with Gasteiger partial charge in [0, 0.05) is 31.4 Å². The smallest absolute Gasteiger partial charge is 0.306 e. The van der Waals surface area contributed by atoms with Crippen molar-refractivity contribution >= 4 is 11.9 Å². The molecule has 6 heteroatoms. The van der Waals surface area contributed by atoms with Gasteiger partial charge in [-0.25, -0.2) is 4.98 Å². The minimum absolute atomic E-state index is 0.0150. The number of carboxylic acids is 1. The first-order chi connectivity index (χ1) is 9.66. The summed E-state index contributed by atoms with van der Waals surface area (Å²) in [5.74, 6) is -0.942. The molecule has 0 aromatic carbocycles. The fourth-order valence-electron chi connectivity index (χ4n) is 2.64. The number of imidazole rings is 1. The summed E-state index contributed by atoms with van der Waals surface area (Å²) < 4.78 is 1.98. The molecule has 1 heterocycles. The van der Waals surface area contributed by atoms with Gasteiger partial charge in [-0.2, -0.15) is 0 Å². The Kier molecular flexibility index (Phi) is 5.15. The highest BCUT2D eigenvalue weighted by Gasteiger charge is 2.29. The van der Waals surface area contributed by atoms with Crippen LogP contribution in [0.15, 0.2) is 18.7 Å². The van der Waals surface area contributed by atoms with Crippen LogP contribution < -0.4 is 5.32 Å². The quantitative estimate of drug-likeness (QED) is 0.768. The standard InChI is InChI=1S/C14H21N3O3/c18-13(11-2-4-12(5-3-11)14(19)20)16-6-1-8-17-9-7-15-10-17/h7,9-12H,1-6,8H2,(H,16,18)(H,19,20). The maximum absolute atomic E-state index is 12.0. The van der Waals surface area contributed by atoms with E-state index in [0.717, 1.165) is 13.0 Å². The Morgan fingerprint density at radius 2 is 1.95 bits per heavy atom. The van der Waals surface area contributed by atoms with E-state index < -0.39 is 5.97 Å². The minimum Gasteiger partial charge on any atom is -0.481 e. The molecule has 1 aliphatic rings. The highest BCUT2D eigenvalue weighted by Crippen LogP contribution is 2.28.